The molecule has 0 spiro atoms. The Kier molecular flexibility index (Phi) is 6.44. The number of carbonyl (C=O) groups excluding carboxylic acids is 1. The van der Waals surface area contributed by atoms with Crippen LogP contribution in [0.5, 0.6) is 0 Å². The number of carbonyl (C=O) groups is 1. The second-order valence-corrected chi connectivity index (χ2v) is 11.6. The fraction of sp³-hybridized carbons (Fsp3) is 0.389. The quantitative estimate of drug-likeness (QED) is 0.613. The van der Waals surface area contributed by atoms with E-state index in [9.17, 15) is 21.6 Å². The first-order valence-corrected chi connectivity index (χ1v) is 13.1. The Morgan fingerprint density at radius 3 is 2.17 bits per heavy atom. The summed E-state index contributed by atoms with van der Waals surface area (Å²) in [6.45, 7) is 1.97. The molecule has 0 bridgehead atoms. The number of rotatable bonds is 6. The van der Waals surface area contributed by atoms with Gasteiger partial charge in [0.15, 0.2) is 0 Å². The molecule has 2 aromatic rings. The summed E-state index contributed by atoms with van der Waals surface area (Å²) in [5.41, 5.74) is 0.799. The molecule has 11 heteroatoms. The average molecular weight is 459 g/mol. The van der Waals surface area contributed by atoms with E-state index < -0.39 is 26.0 Å². The highest BCUT2D eigenvalue weighted by molar-refractivity contribution is 7.91. The van der Waals surface area contributed by atoms with Crippen LogP contribution in [0.25, 0.3) is 10.4 Å². The molecule has 1 aliphatic heterocycles. The number of hydrogen-bond donors (Lipinski definition) is 0. The topological polar surface area (TPSA) is 101 Å². The molecular weight excluding hydrogens is 436 g/mol. The molecule has 1 saturated heterocycles. The molecule has 1 aromatic carbocycles. The Morgan fingerprint density at radius 2 is 1.62 bits per heavy atom. The van der Waals surface area contributed by atoms with Gasteiger partial charge in [0.25, 0.3) is 10.0 Å². The first kappa shape index (κ1) is 21.9. The molecule has 0 saturated carbocycles. The van der Waals surface area contributed by atoms with Gasteiger partial charge in [0.2, 0.25) is 10.0 Å². The van der Waals surface area contributed by atoms with E-state index >= 15 is 0 Å². The minimum atomic E-state index is -3.98. The maximum Gasteiger partial charge on any atom is 0.340 e. The predicted molar refractivity (Wildman–Crippen MR) is 111 cm³/mol. The van der Waals surface area contributed by atoms with Gasteiger partial charge in [-0.15, -0.1) is 11.3 Å². The van der Waals surface area contributed by atoms with Crippen molar-refractivity contribution in [2.45, 2.75) is 11.1 Å². The first-order valence-electron chi connectivity index (χ1n) is 8.96. The number of sulfonamides is 2. The largest absolute Gasteiger partial charge is 0.462 e. The highest BCUT2D eigenvalue weighted by atomic mass is 32.2. The van der Waals surface area contributed by atoms with Crippen LogP contribution in [0, 0.1) is 0 Å². The molecule has 0 N–H and O–H groups in total. The van der Waals surface area contributed by atoms with E-state index in [0.717, 1.165) is 23.2 Å². The van der Waals surface area contributed by atoms with E-state index in [4.69, 9.17) is 4.74 Å². The highest BCUT2D eigenvalue weighted by Gasteiger charge is 2.36. The number of piperazine rings is 1. The standard InChI is InChI=1S/C18H22N2O6S3/c1-3-26-17(21)15-13-16(14-7-5-4-6-8-14)27-18(15)29(24,25)20-11-9-19(10-12-20)28(2,22)23/h4-8,13H,3,9-12H2,1-2H3. The van der Waals surface area contributed by atoms with Crippen LogP contribution in [-0.4, -0.2) is 70.5 Å². The van der Waals surface area contributed by atoms with Gasteiger partial charge in [-0.25, -0.2) is 21.6 Å². The van der Waals surface area contributed by atoms with E-state index in [0.29, 0.717) is 4.88 Å². The van der Waals surface area contributed by atoms with Gasteiger partial charge in [0, 0.05) is 31.1 Å². The molecule has 29 heavy (non-hydrogen) atoms. The van der Waals surface area contributed by atoms with Crippen molar-refractivity contribution in [1.29, 1.82) is 0 Å². The van der Waals surface area contributed by atoms with E-state index in [-0.39, 0.29) is 42.6 Å². The van der Waals surface area contributed by atoms with Crippen molar-refractivity contribution < 1.29 is 26.4 Å². The molecule has 1 aromatic heterocycles. The number of nitrogens with zero attached hydrogens (tertiary/aromatic N) is 2. The van der Waals surface area contributed by atoms with Crippen LogP contribution in [0.2, 0.25) is 0 Å². The van der Waals surface area contributed by atoms with Crippen LogP contribution in [0.4, 0.5) is 0 Å². The minimum absolute atomic E-state index is 0.00115. The van der Waals surface area contributed by atoms with E-state index in [1.54, 1.807) is 6.92 Å². The van der Waals surface area contributed by atoms with Crippen molar-refractivity contribution in [3.63, 3.8) is 0 Å². The Balaban J connectivity index is 1.97. The lowest BCUT2D eigenvalue weighted by Gasteiger charge is -2.32. The maximum absolute atomic E-state index is 13.3. The first-order chi connectivity index (χ1) is 13.6. The lowest BCUT2D eigenvalue weighted by Crippen LogP contribution is -2.50. The molecule has 0 aliphatic carbocycles. The molecule has 158 valence electrons. The summed E-state index contributed by atoms with van der Waals surface area (Å²) in [4.78, 5) is 13.1. The molecule has 0 unspecified atom stereocenters. The minimum Gasteiger partial charge on any atom is -0.462 e. The summed E-state index contributed by atoms with van der Waals surface area (Å²) in [7, 11) is -7.36. The normalized spacial score (nSPS) is 16.6. The van der Waals surface area contributed by atoms with Crippen LogP contribution >= 0.6 is 11.3 Å². The number of esters is 1. The summed E-state index contributed by atoms with van der Waals surface area (Å²) in [6, 6.07) is 10.7. The smallest absolute Gasteiger partial charge is 0.340 e. The van der Waals surface area contributed by atoms with Crippen LogP contribution in [0.15, 0.2) is 40.6 Å². The molecular formula is C18H22N2O6S3. The van der Waals surface area contributed by atoms with Gasteiger partial charge in [0.05, 0.1) is 18.4 Å². The predicted octanol–water partition coefficient (Wildman–Crippen LogP) is 1.86. The molecule has 2 heterocycles. The van der Waals surface area contributed by atoms with Crippen LogP contribution < -0.4 is 0 Å². The van der Waals surface area contributed by atoms with Crippen molar-refractivity contribution in [3.05, 3.63) is 42.0 Å². The summed E-state index contributed by atoms with van der Waals surface area (Å²) in [5, 5.41) is 0. The zero-order valence-corrected chi connectivity index (χ0v) is 18.5. The lowest BCUT2D eigenvalue weighted by atomic mass is 10.2. The second kappa shape index (κ2) is 8.52. The number of benzene rings is 1. The maximum atomic E-state index is 13.3. The third kappa shape index (κ3) is 4.69. The Morgan fingerprint density at radius 1 is 1.03 bits per heavy atom. The summed E-state index contributed by atoms with van der Waals surface area (Å²) >= 11 is 1.01. The van der Waals surface area contributed by atoms with Crippen molar-refractivity contribution >= 4 is 37.4 Å². The highest BCUT2D eigenvalue weighted by Crippen LogP contribution is 2.36. The zero-order chi connectivity index (χ0) is 21.2. The van der Waals surface area contributed by atoms with Gasteiger partial charge < -0.3 is 4.74 Å². The van der Waals surface area contributed by atoms with E-state index in [1.165, 1.54) is 14.7 Å². The van der Waals surface area contributed by atoms with Gasteiger partial charge in [-0.2, -0.15) is 8.61 Å². The monoisotopic (exact) mass is 458 g/mol. The lowest BCUT2D eigenvalue weighted by molar-refractivity contribution is 0.0522. The van der Waals surface area contributed by atoms with E-state index in [2.05, 4.69) is 0 Å². The van der Waals surface area contributed by atoms with Crippen LogP contribution in [0.1, 0.15) is 17.3 Å². The SMILES string of the molecule is CCOC(=O)c1cc(-c2ccccc2)sc1S(=O)(=O)N1CCN(S(C)(=O)=O)CC1. The van der Waals surface area contributed by atoms with Crippen molar-refractivity contribution in [2.75, 3.05) is 39.0 Å². The fourth-order valence-corrected chi connectivity index (χ4v) is 7.04. The van der Waals surface area contributed by atoms with Crippen LogP contribution in [0.3, 0.4) is 0 Å². The van der Waals surface area contributed by atoms with Gasteiger partial charge in [-0.3, -0.25) is 0 Å². The number of ether oxygens (including phenoxy) is 1. The molecule has 1 aliphatic rings. The number of hydrogen-bond acceptors (Lipinski definition) is 7. The van der Waals surface area contributed by atoms with Crippen molar-refractivity contribution in [3.8, 4) is 10.4 Å². The molecule has 0 radical (unpaired) electrons. The molecule has 1 fully saturated rings. The third-order valence-corrected chi connectivity index (χ3v) is 9.39. The molecule has 8 nitrogen and oxygen atoms in total. The molecule has 3 rings (SSSR count). The van der Waals surface area contributed by atoms with Gasteiger partial charge in [-0.05, 0) is 18.6 Å². The molecule has 0 amide bonds. The molecule has 0 atom stereocenters. The van der Waals surface area contributed by atoms with Crippen LogP contribution in [-0.2, 0) is 24.8 Å². The van der Waals surface area contributed by atoms with Gasteiger partial charge in [0.1, 0.15) is 4.21 Å². The summed E-state index contributed by atoms with van der Waals surface area (Å²) < 4.78 is 57.4. The second-order valence-electron chi connectivity index (χ2n) is 6.46. The Hall–Kier alpha value is -1.79. The van der Waals surface area contributed by atoms with Crippen molar-refractivity contribution in [1.82, 2.24) is 8.61 Å². The average Bonchev–Trinajstić information content (AvgIpc) is 3.15. The summed E-state index contributed by atoms with van der Waals surface area (Å²) in [5.74, 6) is -0.695. The third-order valence-electron chi connectivity index (χ3n) is 4.49. The fourth-order valence-electron chi connectivity index (χ4n) is 3.02. The van der Waals surface area contributed by atoms with E-state index in [1.807, 2.05) is 30.3 Å². The van der Waals surface area contributed by atoms with Crippen molar-refractivity contribution in [2.24, 2.45) is 0 Å². The Bertz CT molecular complexity index is 1090. The Labute approximate surface area is 174 Å². The van der Waals surface area contributed by atoms with Gasteiger partial charge >= 0.3 is 5.97 Å². The summed E-state index contributed by atoms with van der Waals surface area (Å²) in [6.07, 6.45) is 1.10. The zero-order valence-electron chi connectivity index (χ0n) is 16.1. The van der Waals surface area contributed by atoms with Gasteiger partial charge in [-0.1, -0.05) is 30.3 Å². The number of thiophene rings is 1.